The predicted octanol–water partition coefficient (Wildman–Crippen LogP) is 0.920. The predicted molar refractivity (Wildman–Crippen MR) is 61.1 cm³/mol. The van der Waals surface area contributed by atoms with Crippen LogP contribution in [0.3, 0.4) is 0 Å². The molecule has 1 radical (unpaired) electrons. The highest BCUT2D eigenvalue weighted by atomic mass is 32.2. The number of anilines is 1. The highest BCUT2D eigenvalue weighted by molar-refractivity contribution is 7.92. The van der Waals surface area contributed by atoms with Gasteiger partial charge in [-0.05, 0) is 43.9 Å². The van der Waals surface area contributed by atoms with Crippen LogP contribution in [-0.4, -0.2) is 33.7 Å². The Balaban J connectivity index is 2.83. The quantitative estimate of drug-likeness (QED) is 0.832. The summed E-state index contributed by atoms with van der Waals surface area (Å²) in [5.41, 5.74) is 1.57. The van der Waals surface area contributed by atoms with Gasteiger partial charge in [0, 0.05) is 12.2 Å². The van der Waals surface area contributed by atoms with Crippen molar-refractivity contribution in [3.63, 3.8) is 0 Å². The van der Waals surface area contributed by atoms with Crippen LogP contribution < -0.4 is 4.72 Å². The van der Waals surface area contributed by atoms with Crippen LogP contribution in [0.2, 0.25) is 0 Å². The number of nitrogens with one attached hydrogen (secondary N) is 1. The van der Waals surface area contributed by atoms with E-state index >= 15 is 0 Å². The molecule has 5 heteroatoms. The first-order valence-electron chi connectivity index (χ1n) is 4.49. The fraction of sp³-hybridized carbons (Fsp3) is 0.400. The Labute approximate surface area is 91.0 Å². The summed E-state index contributed by atoms with van der Waals surface area (Å²) in [5.74, 6) is 0. The molecule has 0 heterocycles. The lowest BCUT2D eigenvalue weighted by atomic mass is 10.2. The largest absolute Gasteiger partial charge is 0.305 e. The van der Waals surface area contributed by atoms with Crippen molar-refractivity contribution in [3.8, 4) is 0 Å². The molecule has 0 atom stereocenters. The van der Waals surface area contributed by atoms with Crippen LogP contribution in [0.15, 0.2) is 18.2 Å². The Bertz CT molecular complexity index is 427. The van der Waals surface area contributed by atoms with Crippen LogP contribution in [0.25, 0.3) is 0 Å². The van der Waals surface area contributed by atoms with Crippen molar-refractivity contribution in [2.45, 2.75) is 6.54 Å². The van der Waals surface area contributed by atoms with Gasteiger partial charge in [-0.1, -0.05) is 0 Å². The molecule has 0 fully saturated rings. The summed E-state index contributed by atoms with van der Waals surface area (Å²) in [7, 11) is 0.704. The molecule has 0 amide bonds. The van der Waals surface area contributed by atoms with E-state index in [0.717, 1.165) is 18.4 Å². The van der Waals surface area contributed by atoms with Crippen molar-refractivity contribution in [2.75, 3.05) is 25.1 Å². The highest BCUT2D eigenvalue weighted by Gasteiger charge is 2.02. The van der Waals surface area contributed by atoms with Crippen molar-refractivity contribution in [1.82, 2.24) is 4.90 Å². The molecule has 0 bridgehead atoms. The topological polar surface area (TPSA) is 49.4 Å². The average molecular weight is 227 g/mol. The smallest absolute Gasteiger partial charge is 0.229 e. The highest BCUT2D eigenvalue weighted by Crippen LogP contribution is 2.12. The van der Waals surface area contributed by atoms with Gasteiger partial charge in [0.1, 0.15) is 0 Å². The minimum absolute atomic E-state index is 0.553. The lowest BCUT2D eigenvalue weighted by Crippen LogP contribution is -2.12. The Morgan fingerprint density at radius 3 is 2.60 bits per heavy atom. The first-order chi connectivity index (χ1) is 6.87. The van der Waals surface area contributed by atoms with Gasteiger partial charge < -0.3 is 4.90 Å². The molecule has 0 spiro atoms. The Morgan fingerprint density at radius 1 is 1.40 bits per heavy atom. The first kappa shape index (κ1) is 12.0. The normalized spacial score (nSPS) is 11.7. The van der Waals surface area contributed by atoms with E-state index in [1.165, 1.54) is 0 Å². The molecular weight excluding hydrogens is 212 g/mol. The minimum Gasteiger partial charge on any atom is -0.305 e. The fourth-order valence-corrected chi connectivity index (χ4v) is 1.80. The van der Waals surface area contributed by atoms with E-state index in [4.69, 9.17) is 0 Å². The van der Waals surface area contributed by atoms with E-state index in [2.05, 4.69) is 10.8 Å². The van der Waals surface area contributed by atoms with Gasteiger partial charge in [0.25, 0.3) is 0 Å². The lowest BCUT2D eigenvalue weighted by Gasteiger charge is -2.10. The zero-order chi connectivity index (χ0) is 11.5. The van der Waals surface area contributed by atoms with Gasteiger partial charge in [-0.3, -0.25) is 4.72 Å². The van der Waals surface area contributed by atoms with E-state index in [9.17, 15) is 8.42 Å². The third-order valence-electron chi connectivity index (χ3n) is 1.65. The number of sulfonamides is 1. The van der Waals surface area contributed by atoms with Gasteiger partial charge in [0.05, 0.1) is 6.26 Å². The van der Waals surface area contributed by atoms with E-state index in [0.29, 0.717) is 5.69 Å². The molecule has 83 valence electrons. The van der Waals surface area contributed by atoms with Gasteiger partial charge in [0.15, 0.2) is 0 Å². The molecule has 4 nitrogen and oxygen atoms in total. The van der Waals surface area contributed by atoms with Crippen molar-refractivity contribution in [2.24, 2.45) is 0 Å². The molecule has 0 saturated carbocycles. The fourth-order valence-electron chi connectivity index (χ4n) is 1.25. The third kappa shape index (κ3) is 4.80. The first-order valence-corrected chi connectivity index (χ1v) is 6.38. The maximum absolute atomic E-state index is 11.0. The molecule has 1 aromatic rings. The monoisotopic (exact) mass is 227 g/mol. The molecule has 0 saturated heterocycles. The molecule has 0 aliphatic carbocycles. The number of rotatable bonds is 4. The molecular formula is C10H15N2O2S. The summed E-state index contributed by atoms with van der Waals surface area (Å²) in [5, 5.41) is 0. The summed E-state index contributed by atoms with van der Waals surface area (Å²) in [4.78, 5) is 2.01. The second-order valence-electron chi connectivity index (χ2n) is 3.74. The average Bonchev–Trinajstić information content (AvgIpc) is 1.99. The summed E-state index contributed by atoms with van der Waals surface area (Å²) < 4.78 is 24.4. The molecule has 15 heavy (non-hydrogen) atoms. The molecule has 1 N–H and O–H groups in total. The number of hydrogen-bond donors (Lipinski definition) is 1. The second-order valence-corrected chi connectivity index (χ2v) is 5.49. The van der Waals surface area contributed by atoms with Crippen molar-refractivity contribution >= 4 is 15.7 Å². The van der Waals surface area contributed by atoms with Gasteiger partial charge in [-0.15, -0.1) is 0 Å². The summed E-state index contributed by atoms with van der Waals surface area (Å²) in [6, 6.07) is 8.16. The van der Waals surface area contributed by atoms with Crippen LogP contribution in [0.5, 0.6) is 0 Å². The van der Waals surface area contributed by atoms with E-state index in [1.54, 1.807) is 12.1 Å². The Hall–Kier alpha value is -1.07. The number of hydrogen-bond acceptors (Lipinski definition) is 3. The van der Waals surface area contributed by atoms with Crippen molar-refractivity contribution < 1.29 is 8.42 Å². The molecule has 1 aromatic carbocycles. The van der Waals surface area contributed by atoms with E-state index < -0.39 is 10.0 Å². The second kappa shape index (κ2) is 4.63. The van der Waals surface area contributed by atoms with Gasteiger partial charge in [0.2, 0.25) is 10.0 Å². The van der Waals surface area contributed by atoms with Gasteiger partial charge in [-0.2, -0.15) is 0 Å². The van der Waals surface area contributed by atoms with Gasteiger partial charge in [-0.25, -0.2) is 8.42 Å². The maximum atomic E-state index is 11.0. The molecule has 0 unspecified atom stereocenters. The van der Waals surface area contributed by atoms with E-state index in [-0.39, 0.29) is 0 Å². The minimum atomic E-state index is -3.21. The zero-order valence-corrected chi connectivity index (χ0v) is 9.93. The third-order valence-corrected chi connectivity index (χ3v) is 2.26. The summed E-state index contributed by atoms with van der Waals surface area (Å²) >= 11 is 0. The maximum Gasteiger partial charge on any atom is 0.229 e. The van der Waals surface area contributed by atoms with E-state index in [1.807, 2.05) is 25.1 Å². The Kier molecular flexibility index (Phi) is 3.71. The van der Waals surface area contributed by atoms with Crippen molar-refractivity contribution in [1.29, 1.82) is 0 Å². The van der Waals surface area contributed by atoms with Crippen LogP contribution in [0.1, 0.15) is 5.56 Å². The zero-order valence-electron chi connectivity index (χ0n) is 9.11. The molecule has 0 aliphatic rings. The summed E-state index contributed by atoms with van der Waals surface area (Å²) in [6.07, 6.45) is 1.13. The lowest BCUT2D eigenvalue weighted by molar-refractivity contribution is 0.402. The van der Waals surface area contributed by atoms with Gasteiger partial charge >= 0.3 is 0 Å². The molecule has 0 aromatic heterocycles. The van der Waals surface area contributed by atoms with Crippen LogP contribution in [-0.2, 0) is 16.6 Å². The number of benzene rings is 1. The van der Waals surface area contributed by atoms with Crippen LogP contribution in [0, 0.1) is 6.07 Å². The molecule has 1 rings (SSSR count). The van der Waals surface area contributed by atoms with Crippen LogP contribution in [0.4, 0.5) is 5.69 Å². The van der Waals surface area contributed by atoms with Crippen LogP contribution >= 0.6 is 0 Å². The number of nitrogens with zero attached hydrogens (tertiary/aromatic N) is 1. The Morgan fingerprint density at radius 2 is 2.07 bits per heavy atom. The standard InChI is InChI=1S/C10H15N2O2S/c1-12(2)8-9-5-4-6-10(7-9)11-15(3,13)14/h5-7,11H,8H2,1-3H3. The van der Waals surface area contributed by atoms with Crippen molar-refractivity contribution in [3.05, 3.63) is 29.8 Å². The summed E-state index contributed by atoms with van der Waals surface area (Å²) in [6.45, 7) is 0.760. The molecule has 0 aliphatic heterocycles. The SMILES string of the molecule is CN(C)Cc1c[c]cc(NS(C)(=O)=O)c1.